The average Bonchev–Trinajstić information content (AvgIpc) is 3.32. The SMILES string of the molecule is CC1=C[C@]23C(=O)[C@@H](C=C(CO)[C@@H](O)[C@]2(O)[C@H]1NC(=O)C(C)(C)c1ccc(Cl)cc1)[C@H]1[C@@H](C[C@H]3C)C1(C)C. The lowest BCUT2D eigenvalue weighted by Crippen LogP contribution is -2.69. The predicted molar refractivity (Wildman–Crippen MR) is 142 cm³/mol. The number of aliphatic hydroxyl groups is 3. The van der Waals surface area contributed by atoms with E-state index in [1.165, 1.54) is 0 Å². The van der Waals surface area contributed by atoms with Gasteiger partial charge in [0.15, 0.2) is 5.78 Å². The topological polar surface area (TPSA) is 107 Å². The molecule has 0 heterocycles. The van der Waals surface area contributed by atoms with Crippen LogP contribution in [0.25, 0.3) is 0 Å². The lowest BCUT2D eigenvalue weighted by atomic mass is 9.58. The van der Waals surface area contributed by atoms with Gasteiger partial charge in [-0.25, -0.2) is 0 Å². The van der Waals surface area contributed by atoms with Crippen molar-refractivity contribution in [3.63, 3.8) is 0 Å². The van der Waals surface area contributed by atoms with E-state index in [9.17, 15) is 24.9 Å². The molecule has 200 valence electrons. The standard InChI is InChI=1S/C30H38ClNO5/c1-15-13-29-16(2)11-21-22(28(21,5)6)20(25(29)35)12-17(14-33)24(34)30(29,37)23(15)32-26(36)27(3,4)18-7-9-19(31)10-8-18/h7-10,12-13,16,20-24,33-34,37H,11,14H2,1-6H3,(H,32,36)/t16-,20+,21-,22+,23+,24-,29+,30-/m1/s1. The van der Waals surface area contributed by atoms with Crippen LogP contribution in [0.3, 0.4) is 0 Å². The van der Waals surface area contributed by atoms with Gasteiger partial charge in [-0.05, 0) is 73.6 Å². The third-order valence-corrected chi connectivity index (χ3v) is 10.6. The molecule has 2 bridgehead atoms. The molecule has 4 N–H and O–H groups in total. The van der Waals surface area contributed by atoms with E-state index in [0.29, 0.717) is 16.5 Å². The van der Waals surface area contributed by atoms with E-state index in [4.69, 9.17) is 11.6 Å². The molecule has 0 aromatic heterocycles. The van der Waals surface area contributed by atoms with E-state index >= 15 is 0 Å². The van der Waals surface area contributed by atoms with E-state index in [2.05, 4.69) is 19.2 Å². The molecule has 7 heteroatoms. The molecule has 4 aliphatic carbocycles. The Morgan fingerprint density at radius 3 is 2.43 bits per heavy atom. The van der Waals surface area contributed by atoms with Crippen LogP contribution >= 0.6 is 11.6 Å². The molecule has 5 rings (SSSR count). The number of halogens is 1. The summed E-state index contributed by atoms with van der Waals surface area (Å²) in [7, 11) is 0. The third-order valence-electron chi connectivity index (χ3n) is 10.4. The number of allylic oxidation sites excluding steroid dienone is 1. The van der Waals surface area contributed by atoms with Crippen molar-refractivity contribution in [3.05, 3.63) is 58.1 Å². The van der Waals surface area contributed by atoms with Gasteiger partial charge in [-0.1, -0.05) is 62.2 Å². The smallest absolute Gasteiger partial charge is 0.230 e. The summed E-state index contributed by atoms with van der Waals surface area (Å²) in [6.45, 7) is 11.2. The lowest BCUT2D eigenvalue weighted by molar-refractivity contribution is -0.172. The second-order valence-electron chi connectivity index (χ2n) is 12.9. The van der Waals surface area contributed by atoms with Gasteiger partial charge in [0.1, 0.15) is 11.7 Å². The highest BCUT2D eigenvalue weighted by atomic mass is 35.5. The maximum Gasteiger partial charge on any atom is 0.230 e. The largest absolute Gasteiger partial charge is 0.392 e. The van der Waals surface area contributed by atoms with Gasteiger partial charge in [-0.2, -0.15) is 0 Å². The number of carbonyl (C=O) groups excluding carboxylic acids is 2. The van der Waals surface area contributed by atoms with Crippen molar-refractivity contribution < 1.29 is 24.9 Å². The number of nitrogens with one attached hydrogen (secondary N) is 1. The number of amides is 1. The fourth-order valence-corrected chi connectivity index (χ4v) is 8.11. The number of Topliss-reactive ketones (excluding diaryl/α,β-unsaturated/α-hetero) is 1. The molecule has 0 radical (unpaired) electrons. The molecule has 2 saturated carbocycles. The Morgan fingerprint density at radius 2 is 1.84 bits per heavy atom. The summed E-state index contributed by atoms with van der Waals surface area (Å²) < 4.78 is 0. The normalized spacial score (nSPS) is 40.0. The summed E-state index contributed by atoms with van der Waals surface area (Å²) in [6, 6.07) is 6.02. The van der Waals surface area contributed by atoms with Crippen LogP contribution < -0.4 is 5.32 Å². The van der Waals surface area contributed by atoms with Crippen molar-refractivity contribution in [2.24, 2.45) is 34.5 Å². The summed E-state index contributed by atoms with van der Waals surface area (Å²) in [5.74, 6) is -0.873. The van der Waals surface area contributed by atoms with Crippen molar-refractivity contribution >= 4 is 23.3 Å². The van der Waals surface area contributed by atoms with Gasteiger partial charge >= 0.3 is 0 Å². The molecule has 8 atom stereocenters. The molecule has 6 nitrogen and oxygen atoms in total. The first-order valence-corrected chi connectivity index (χ1v) is 13.6. The van der Waals surface area contributed by atoms with E-state index < -0.39 is 41.1 Å². The first-order valence-electron chi connectivity index (χ1n) is 13.2. The maximum atomic E-state index is 14.5. The fourth-order valence-electron chi connectivity index (χ4n) is 7.99. The Morgan fingerprint density at radius 1 is 1.22 bits per heavy atom. The molecule has 0 unspecified atom stereocenters. The first-order chi connectivity index (χ1) is 17.1. The number of ketones is 1. The second kappa shape index (κ2) is 8.25. The Hall–Kier alpha value is -1.99. The fraction of sp³-hybridized carbons (Fsp3) is 0.600. The van der Waals surface area contributed by atoms with Crippen molar-refractivity contribution in [2.45, 2.75) is 71.1 Å². The maximum absolute atomic E-state index is 14.5. The Balaban J connectivity index is 1.60. The summed E-state index contributed by atoms with van der Waals surface area (Å²) in [6.07, 6.45) is 2.72. The van der Waals surface area contributed by atoms with E-state index in [0.717, 1.165) is 12.0 Å². The Labute approximate surface area is 223 Å². The van der Waals surface area contributed by atoms with Gasteiger partial charge in [0.25, 0.3) is 0 Å². The van der Waals surface area contributed by atoms with Gasteiger partial charge in [0.05, 0.1) is 23.5 Å². The number of carbonyl (C=O) groups is 2. The van der Waals surface area contributed by atoms with Gasteiger partial charge in [-0.15, -0.1) is 0 Å². The minimum Gasteiger partial charge on any atom is -0.392 e. The highest BCUT2D eigenvalue weighted by molar-refractivity contribution is 6.30. The zero-order chi connectivity index (χ0) is 27.3. The highest BCUT2D eigenvalue weighted by Crippen LogP contribution is 2.71. The molecule has 2 fully saturated rings. The van der Waals surface area contributed by atoms with Crippen molar-refractivity contribution in [2.75, 3.05) is 6.61 Å². The molecule has 0 saturated heterocycles. The molecular formula is C30H38ClNO5. The molecule has 37 heavy (non-hydrogen) atoms. The van der Waals surface area contributed by atoms with Crippen LogP contribution in [0.15, 0.2) is 47.6 Å². The zero-order valence-electron chi connectivity index (χ0n) is 22.4. The minimum atomic E-state index is -2.04. The van der Waals surface area contributed by atoms with E-state index in [1.807, 2.05) is 13.0 Å². The summed E-state index contributed by atoms with van der Waals surface area (Å²) in [4.78, 5) is 28.2. The van der Waals surface area contributed by atoms with Crippen molar-refractivity contribution in [1.82, 2.24) is 5.32 Å². The van der Waals surface area contributed by atoms with Crippen LogP contribution in [0.4, 0.5) is 0 Å². The molecule has 1 aromatic carbocycles. The third kappa shape index (κ3) is 3.35. The van der Waals surface area contributed by atoms with E-state index in [1.54, 1.807) is 51.1 Å². The van der Waals surface area contributed by atoms with Crippen LogP contribution in [0, 0.1) is 34.5 Å². The van der Waals surface area contributed by atoms with Gasteiger partial charge in [0, 0.05) is 10.9 Å². The average molecular weight is 528 g/mol. The predicted octanol–water partition coefficient (Wildman–Crippen LogP) is 3.57. The minimum absolute atomic E-state index is 0.0335. The van der Waals surface area contributed by atoms with Gasteiger partial charge < -0.3 is 20.6 Å². The summed E-state index contributed by atoms with van der Waals surface area (Å²) in [5.41, 5.74) is -2.82. The number of rotatable bonds is 4. The van der Waals surface area contributed by atoms with Crippen molar-refractivity contribution in [3.8, 4) is 0 Å². The Bertz CT molecular complexity index is 1220. The second-order valence-corrected chi connectivity index (χ2v) is 13.3. The van der Waals surface area contributed by atoms with Crippen LogP contribution in [-0.2, 0) is 15.0 Å². The van der Waals surface area contributed by atoms with Crippen molar-refractivity contribution in [1.29, 1.82) is 0 Å². The molecular weight excluding hydrogens is 490 g/mol. The molecule has 1 spiro atoms. The highest BCUT2D eigenvalue weighted by Gasteiger charge is 2.75. The number of aliphatic hydroxyl groups excluding tert-OH is 2. The van der Waals surface area contributed by atoms with Gasteiger partial charge in [-0.3, -0.25) is 9.59 Å². The molecule has 0 aliphatic heterocycles. The van der Waals surface area contributed by atoms with Crippen LogP contribution in [0.2, 0.25) is 5.02 Å². The summed E-state index contributed by atoms with van der Waals surface area (Å²) >= 11 is 6.05. The summed E-state index contributed by atoms with van der Waals surface area (Å²) in [5, 5.41) is 38.1. The zero-order valence-corrected chi connectivity index (χ0v) is 23.1. The van der Waals surface area contributed by atoms with Crippen LogP contribution in [0.5, 0.6) is 0 Å². The lowest BCUT2D eigenvalue weighted by Gasteiger charge is -2.50. The first kappa shape index (κ1) is 26.6. The molecule has 1 amide bonds. The Kier molecular flexibility index (Phi) is 5.94. The molecule has 4 aliphatic rings. The molecule has 1 aromatic rings. The number of hydrogen-bond acceptors (Lipinski definition) is 5. The van der Waals surface area contributed by atoms with Crippen LogP contribution in [-0.4, -0.2) is 51.4 Å². The number of benzene rings is 1. The number of hydrogen-bond donors (Lipinski definition) is 4. The van der Waals surface area contributed by atoms with E-state index in [-0.39, 0.29) is 34.5 Å². The van der Waals surface area contributed by atoms with Crippen LogP contribution in [0.1, 0.15) is 53.5 Å². The monoisotopic (exact) mass is 527 g/mol. The van der Waals surface area contributed by atoms with Gasteiger partial charge in [0.2, 0.25) is 5.91 Å². The number of fused-ring (bicyclic) bond motifs is 3. The quantitative estimate of drug-likeness (QED) is 0.448.